The lowest BCUT2D eigenvalue weighted by Crippen LogP contribution is -2.15. The van der Waals surface area contributed by atoms with Gasteiger partial charge in [-0.25, -0.2) is 18.0 Å². The number of ether oxygens (including phenoxy) is 2. The zero-order valence-corrected chi connectivity index (χ0v) is 20.2. The van der Waals surface area contributed by atoms with E-state index in [9.17, 15) is 33.2 Å². The van der Waals surface area contributed by atoms with Gasteiger partial charge in [0.2, 0.25) is 0 Å². The third-order valence-corrected chi connectivity index (χ3v) is 6.11. The van der Waals surface area contributed by atoms with Crippen LogP contribution in [-0.2, 0) is 30.8 Å². The molecule has 0 saturated carbocycles. The number of hydrogen-bond donors (Lipinski definition) is 1. The fourth-order valence-electron chi connectivity index (χ4n) is 3.32. The third-order valence-electron chi connectivity index (χ3n) is 4.98. The molecule has 0 aromatic heterocycles. The molecule has 3 aromatic rings. The Balaban J connectivity index is 1.89. The van der Waals surface area contributed by atoms with Crippen LogP contribution in [-0.4, -0.2) is 43.6 Å². The monoisotopic (exact) mass is 527 g/mol. The molecule has 0 heterocycles. The summed E-state index contributed by atoms with van der Waals surface area (Å²) in [6.07, 6.45) is -0.112. The molecule has 0 fully saturated rings. The number of carbonyl (C=O) groups excluding carboxylic acids is 1. The number of carbonyl (C=O) groups is 2. The van der Waals surface area contributed by atoms with Gasteiger partial charge in [0.25, 0.3) is 5.09 Å². The molecular weight excluding hydrogens is 506 g/mol. The van der Waals surface area contributed by atoms with E-state index in [4.69, 9.17) is 9.47 Å². The lowest BCUT2D eigenvalue weighted by Gasteiger charge is -2.15. The van der Waals surface area contributed by atoms with Gasteiger partial charge in [0, 0.05) is 11.8 Å². The molecule has 1 N–H and O–H groups in total. The summed E-state index contributed by atoms with van der Waals surface area (Å²) in [5.74, 6) is -1.26. The minimum atomic E-state index is -3.49. The lowest BCUT2D eigenvalue weighted by molar-refractivity contribution is -0.763. The van der Waals surface area contributed by atoms with Crippen LogP contribution in [0, 0.1) is 10.1 Å². The fraction of sp³-hybridized carbons (Fsp3) is 0.120. The number of carboxylic acid groups (broad SMARTS) is 1. The molecule has 11 nitrogen and oxygen atoms in total. The van der Waals surface area contributed by atoms with Gasteiger partial charge in [-0.05, 0) is 41.0 Å². The lowest BCUT2D eigenvalue weighted by atomic mass is 9.95. The van der Waals surface area contributed by atoms with E-state index in [1.165, 1.54) is 48.5 Å². The Bertz CT molecular complexity index is 1430. The van der Waals surface area contributed by atoms with E-state index < -0.39 is 33.7 Å². The number of hydrogen-bond acceptors (Lipinski definition) is 9. The van der Waals surface area contributed by atoms with Gasteiger partial charge in [0.15, 0.2) is 9.84 Å². The molecule has 0 unspecified atom stereocenters. The van der Waals surface area contributed by atoms with Gasteiger partial charge in [0.05, 0.1) is 10.5 Å². The first-order valence-electron chi connectivity index (χ1n) is 10.6. The van der Waals surface area contributed by atoms with E-state index in [0.29, 0.717) is 16.7 Å². The first-order chi connectivity index (χ1) is 17.5. The largest absolute Gasteiger partial charge is 0.514 e. The average molecular weight is 528 g/mol. The molecule has 0 saturated heterocycles. The van der Waals surface area contributed by atoms with Crippen LogP contribution >= 0.6 is 0 Å². The number of carboxylic acids is 1. The standard InChI is InChI=1S/C25H21NO10S/c1-37(32,33)21-12-10-18(11-13-21)22(23(24(27)28)19-7-3-2-4-8-19)16-34-25(29)36-20-9-5-6-17(14-20)15-35-26(30)31/h2-14H,15-16H2,1H3,(H,27,28). The quantitative estimate of drug-likeness (QED) is 0.102. The van der Waals surface area contributed by atoms with Gasteiger partial charge in [0.1, 0.15) is 19.0 Å². The van der Waals surface area contributed by atoms with E-state index in [-0.39, 0.29) is 28.4 Å². The maximum Gasteiger partial charge on any atom is 0.514 e. The average Bonchev–Trinajstić information content (AvgIpc) is 2.85. The van der Waals surface area contributed by atoms with Crippen LogP contribution in [0.25, 0.3) is 11.1 Å². The molecule has 37 heavy (non-hydrogen) atoms. The van der Waals surface area contributed by atoms with Crippen molar-refractivity contribution in [1.29, 1.82) is 0 Å². The van der Waals surface area contributed by atoms with Crippen LogP contribution in [0.15, 0.2) is 83.8 Å². The molecule has 0 spiro atoms. The molecule has 12 heteroatoms. The van der Waals surface area contributed by atoms with Crippen molar-refractivity contribution in [2.24, 2.45) is 0 Å². The number of nitrogens with zero attached hydrogens (tertiary/aromatic N) is 1. The SMILES string of the molecule is CS(=O)(=O)c1ccc(C(COC(=O)Oc2cccc(CO[N+](=O)[O-])c2)=C(C(=O)O)c2ccccc2)cc1. The van der Waals surface area contributed by atoms with Crippen LogP contribution in [0.1, 0.15) is 16.7 Å². The van der Waals surface area contributed by atoms with Crippen LogP contribution in [0.4, 0.5) is 4.79 Å². The van der Waals surface area contributed by atoms with Crippen molar-refractivity contribution in [1.82, 2.24) is 0 Å². The van der Waals surface area contributed by atoms with E-state index in [2.05, 4.69) is 4.84 Å². The first-order valence-corrected chi connectivity index (χ1v) is 12.5. The van der Waals surface area contributed by atoms with Crippen LogP contribution in [0.2, 0.25) is 0 Å². The van der Waals surface area contributed by atoms with Crippen molar-refractivity contribution in [3.63, 3.8) is 0 Å². The second kappa shape index (κ2) is 11.8. The topological polar surface area (TPSA) is 159 Å². The predicted molar refractivity (Wildman–Crippen MR) is 131 cm³/mol. The van der Waals surface area contributed by atoms with Gasteiger partial charge in [-0.3, -0.25) is 0 Å². The third kappa shape index (κ3) is 7.64. The maximum absolute atomic E-state index is 12.4. The van der Waals surface area contributed by atoms with Crippen molar-refractivity contribution in [2.75, 3.05) is 12.9 Å². The predicted octanol–water partition coefficient (Wildman–Crippen LogP) is 4.01. The van der Waals surface area contributed by atoms with Crippen molar-refractivity contribution in [2.45, 2.75) is 11.5 Å². The number of sulfone groups is 1. The highest BCUT2D eigenvalue weighted by molar-refractivity contribution is 7.90. The molecule has 0 atom stereocenters. The van der Waals surface area contributed by atoms with Gasteiger partial charge in [-0.15, -0.1) is 10.1 Å². The van der Waals surface area contributed by atoms with Crippen LogP contribution in [0.3, 0.4) is 0 Å². The van der Waals surface area contributed by atoms with E-state index in [1.54, 1.807) is 30.3 Å². The zero-order chi connectivity index (χ0) is 27.0. The van der Waals surface area contributed by atoms with Crippen LogP contribution < -0.4 is 4.74 Å². The Morgan fingerprint density at radius 1 is 0.946 bits per heavy atom. The normalized spacial score (nSPS) is 11.7. The Morgan fingerprint density at radius 2 is 1.62 bits per heavy atom. The molecule has 0 radical (unpaired) electrons. The highest BCUT2D eigenvalue weighted by Gasteiger charge is 2.21. The van der Waals surface area contributed by atoms with E-state index >= 15 is 0 Å². The van der Waals surface area contributed by atoms with Crippen molar-refractivity contribution < 1.29 is 42.5 Å². The highest BCUT2D eigenvalue weighted by Crippen LogP contribution is 2.28. The summed E-state index contributed by atoms with van der Waals surface area (Å²) in [7, 11) is -3.49. The van der Waals surface area contributed by atoms with E-state index in [0.717, 1.165) is 6.26 Å². The molecule has 0 aliphatic carbocycles. The summed E-state index contributed by atoms with van der Waals surface area (Å²) in [6, 6.07) is 19.4. The first kappa shape index (κ1) is 26.9. The molecule has 0 amide bonds. The second-order valence-corrected chi connectivity index (χ2v) is 9.62. The summed E-state index contributed by atoms with van der Waals surface area (Å²) in [6.45, 7) is -0.869. The maximum atomic E-state index is 12.4. The second-order valence-electron chi connectivity index (χ2n) is 7.61. The number of aliphatic carboxylic acids is 1. The number of rotatable bonds is 10. The Hall–Kier alpha value is -4.71. The molecular formula is C25H21NO10S. The van der Waals surface area contributed by atoms with Gasteiger partial charge >= 0.3 is 12.1 Å². The van der Waals surface area contributed by atoms with E-state index in [1.807, 2.05) is 0 Å². The van der Waals surface area contributed by atoms with Crippen molar-refractivity contribution in [3.05, 3.63) is 106 Å². The molecule has 3 aromatic carbocycles. The fourth-order valence-corrected chi connectivity index (χ4v) is 3.95. The molecule has 0 aliphatic heterocycles. The Kier molecular flexibility index (Phi) is 8.59. The smallest absolute Gasteiger partial charge is 0.478 e. The van der Waals surface area contributed by atoms with Crippen LogP contribution in [0.5, 0.6) is 5.75 Å². The Morgan fingerprint density at radius 3 is 2.22 bits per heavy atom. The minimum absolute atomic E-state index is 0.0269. The number of benzene rings is 3. The summed E-state index contributed by atoms with van der Waals surface area (Å²) in [5, 5.41) is 19.4. The van der Waals surface area contributed by atoms with Crippen molar-refractivity contribution in [3.8, 4) is 5.75 Å². The molecule has 0 bridgehead atoms. The molecule has 192 valence electrons. The van der Waals surface area contributed by atoms with Crippen molar-refractivity contribution >= 4 is 33.1 Å². The summed E-state index contributed by atoms with van der Waals surface area (Å²) >= 11 is 0. The molecule has 0 aliphatic rings. The summed E-state index contributed by atoms with van der Waals surface area (Å²) in [5.41, 5.74) is 0.974. The van der Waals surface area contributed by atoms with Gasteiger partial charge < -0.3 is 19.4 Å². The molecule has 3 rings (SSSR count). The van der Waals surface area contributed by atoms with Gasteiger partial charge in [-0.1, -0.05) is 54.6 Å². The van der Waals surface area contributed by atoms with Gasteiger partial charge in [-0.2, -0.15) is 0 Å². The summed E-state index contributed by atoms with van der Waals surface area (Å²) in [4.78, 5) is 39.3. The minimum Gasteiger partial charge on any atom is -0.478 e. The highest BCUT2D eigenvalue weighted by atomic mass is 32.2. The summed E-state index contributed by atoms with van der Waals surface area (Å²) < 4.78 is 34.0. The zero-order valence-electron chi connectivity index (χ0n) is 19.4. The Labute approximate surface area is 211 Å².